The van der Waals surface area contributed by atoms with Gasteiger partial charge < -0.3 is 15.7 Å². The Morgan fingerprint density at radius 1 is 1.48 bits per heavy atom. The number of carboxylic acids is 1. The van der Waals surface area contributed by atoms with Crippen molar-refractivity contribution in [2.75, 3.05) is 11.9 Å². The number of anilines is 1. The maximum atomic E-state index is 11.7. The summed E-state index contributed by atoms with van der Waals surface area (Å²) in [6.45, 7) is 2.01. The van der Waals surface area contributed by atoms with Crippen molar-refractivity contribution in [3.8, 4) is 6.07 Å². The summed E-state index contributed by atoms with van der Waals surface area (Å²) in [5.74, 6) is -1.26. The van der Waals surface area contributed by atoms with Crippen molar-refractivity contribution in [3.63, 3.8) is 0 Å². The first-order chi connectivity index (χ1) is 9.93. The number of nitrogens with one attached hydrogen (secondary N) is 2. The summed E-state index contributed by atoms with van der Waals surface area (Å²) >= 11 is 3.25. The van der Waals surface area contributed by atoms with Crippen LogP contribution < -0.4 is 10.6 Å². The molecule has 1 atom stereocenters. The van der Waals surface area contributed by atoms with Crippen LogP contribution in [0.4, 0.5) is 10.5 Å². The summed E-state index contributed by atoms with van der Waals surface area (Å²) in [6.07, 6.45) is 1.07. The zero-order chi connectivity index (χ0) is 15.8. The molecule has 1 aromatic carbocycles. The first-order valence-electron chi connectivity index (χ1n) is 6.41. The predicted octanol–water partition coefficient (Wildman–Crippen LogP) is 2.94. The van der Waals surface area contributed by atoms with Crippen LogP contribution in [-0.2, 0) is 4.79 Å². The minimum atomic E-state index is -0.840. The summed E-state index contributed by atoms with van der Waals surface area (Å²) in [4.78, 5) is 22.3. The number of hydrogen-bond donors (Lipinski definition) is 3. The van der Waals surface area contributed by atoms with Gasteiger partial charge in [-0.05, 0) is 31.0 Å². The predicted molar refractivity (Wildman–Crippen MR) is 81.9 cm³/mol. The van der Waals surface area contributed by atoms with Crippen molar-refractivity contribution < 1.29 is 14.7 Å². The van der Waals surface area contributed by atoms with E-state index in [4.69, 9.17) is 10.4 Å². The fourth-order valence-corrected chi connectivity index (χ4v) is 1.98. The van der Waals surface area contributed by atoms with Crippen molar-refractivity contribution in [1.29, 1.82) is 5.26 Å². The molecule has 0 fully saturated rings. The number of carbonyl (C=O) groups is 2. The molecule has 0 aliphatic heterocycles. The molecule has 0 aliphatic carbocycles. The molecule has 1 aromatic rings. The first kappa shape index (κ1) is 17.0. The van der Waals surface area contributed by atoms with E-state index < -0.39 is 17.9 Å². The molecule has 21 heavy (non-hydrogen) atoms. The average molecular weight is 354 g/mol. The molecule has 1 unspecified atom stereocenters. The number of carbonyl (C=O) groups excluding carboxylic acids is 1. The SMILES string of the molecule is CC(CCCNC(=O)Nc1ccc(Br)cc1C#N)C(=O)O. The number of carboxylic acid groups (broad SMARTS) is 1. The van der Waals surface area contributed by atoms with Gasteiger partial charge in [0.15, 0.2) is 0 Å². The highest BCUT2D eigenvalue weighted by Gasteiger charge is 2.10. The van der Waals surface area contributed by atoms with Crippen LogP contribution in [0.25, 0.3) is 0 Å². The molecule has 3 N–H and O–H groups in total. The molecule has 112 valence electrons. The number of halogens is 1. The molecule has 0 saturated carbocycles. The third-order valence-electron chi connectivity index (χ3n) is 2.87. The van der Waals surface area contributed by atoms with Crippen LogP contribution in [0.3, 0.4) is 0 Å². The van der Waals surface area contributed by atoms with Crippen LogP contribution >= 0.6 is 15.9 Å². The third kappa shape index (κ3) is 5.83. The van der Waals surface area contributed by atoms with Gasteiger partial charge in [0, 0.05) is 11.0 Å². The van der Waals surface area contributed by atoms with Gasteiger partial charge in [0.05, 0.1) is 17.2 Å². The average Bonchev–Trinajstić information content (AvgIpc) is 2.45. The van der Waals surface area contributed by atoms with Crippen LogP contribution in [0.15, 0.2) is 22.7 Å². The van der Waals surface area contributed by atoms with Crippen LogP contribution in [-0.4, -0.2) is 23.7 Å². The molecule has 0 aliphatic rings. The maximum absolute atomic E-state index is 11.7. The Labute approximate surface area is 131 Å². The van der Waals surface area contributed by atoms with E-state index in [9.17, 15) is 9.59 Å². The highest BCUT2D eigenvalue weighted by Crippen LogP contribution is 2.20. The molecule has 0 radical (unpaired) electrons. The molecular weight excluding hydrogens is 338 g/mol. The Bertz CT molecular complexity index is 569. The Hall–Kier alpha value is -2.07. The van der Waals surface area contributed by atoms with Crippen molar-refractivity contribution in [2.24, 2.45) is 5.92 Å². The monoisotopic (exact) mass is 353 g/mol. The highest BCUT2D eigenvalue weighted by molar-refractivity contribution is 9.10. The zero-order valence-corrected chi connectivity index (χ0v) is 13.1. The number of amides is 2. The van der Waals surface area contributed by atoms with E-state index in [1.807, 2.05) is 6.07 Å². The van der Waals surface area contributed by atoms with Crippen molar-refractivity contribution in [3.05, 3.63) is 28.2 Å². The number of rotatable bonds is 6. The van der Waals surface area contributed by atoms with Crippen molar-refractivity contribution in [1.82, 2.24) is 5.32 Å². The number of benzene rings is 1. The van der Waals surface area contributed by atoms with Crippen LogP contribution in [0.5, 0.6) is 0 Å². The maximum Gasteiger partial charge on any atom is 0.319 e. The topological polar surface area (TPSA) is 102 Å². The van der Waals surface area contributed by atoms with Gasteiger partial charge in [-0.3, -0.25) is 4.79 Å². The van der Waals surface area contributed by atoms with E-state index in [2.05, 4.69) is 26.6 Å². The van der Waals surface area contributed by atoms with Gasteiger partial charge in [0.1, 0.15) is 6.07 Å². The van der Waals surface area contributed by atoms with E-state index in [1.54, 1.807) is 25.1 Å². The first-order valence-corrected chi connectivity index (χ1v) is 7.20. The number of nitriles is 1. The van der Waals surface area contributed by atoms with E-state index in [0.717, 1.165) is 4.47 Å². The lowest BCUT2D eigenvalue weighted by atomic mass is 10.1. The third-order valence-corrected chi connectivity index (χ3v) is 3.36. The van der Waals surface area contributed by atoms with Gasteiger partial charge in [-0.15, -0.1) is 0 Å². The van der Waals surface area contributed by atoms with E-state index in [1.165, 1.54) is 0 Å². The van der Waals surface area contributed by atoms with Crippen molar-refractivity contribution in [2.45, 2.75) is 19.8 Å². The fraction of sp³-hybridized carbons (Fsp3) is 0.357. The smallest absolute Gasteiger partial charge is 0.319 e. The largest absolute Gasteiger partial charge is 0.481 e. The number of aliphatic carboxylic acids is 1. The molecule has 0 bridgehead atoms. The highest BCUT2D eigenvalue weighted by atomic mass is 79.9. The normalized spacial score (nSPS) is 11.3. The summed E-state index contributed by atoms with van der Waals surface area (Å²) in [5.41, 5.74) is 0.788. The Morgan fingerprint density at radius 3 is 2.81 bits per heavy atom. The number of nitrogens with zero attached hydrogens (tertiary/aromatic N) is 1. The summed E-state index contributed by atoms with van der Waals surface area (Å²) in [5, 5.41) is 22.9. The molecule has 0 spiro atoms. The second-order valence-electron chi connectivity index (χ2n) is 4.56. The Morgan fingerprint density at radius 2 is 2.19 bits per heavy atom. The van der Waals surface area contributed by atoms with Gasteiger partial charge in [-0.2, -0.15) is 5.26 Å². The van der Waals surface area contributed by atoms with Gasteiger partial charge >= 0.3 is 12.0 Å². The van der Waals surface area contributed by atoms with Gasteiger partial charge in [-0.25, -0.2) is 4.79 Å². The summed E-state index contributed by atoms with van der Waals surface area (Å²) in [7, 11) is 0. The number of urea groups is 1. The van der Waals surface area contributed by atoms with Gasteiger partial charge in [-0.1, -0.05) is 22.9 Å². The molecule has 6 nitrogen and oxygen atoms in total. The minimum Gasteiger partial charge on any atom is -0.481 e. The summed E-state index contributed by atoms with van der Waals surface area (Å²) in [6, 6.07) is 6.56. The molecule has 2 amide bonds. The van der Waals surface area contributed by atoms with Crippen LogP contribution in [0, 0.1) is 17.2 Å². The second-order valence-corrected chi connectivity index (χ2v) is 5.48. The number of hydrogen-bond acceptors (Lipinski definition) is 3. The van der Waals surface area contributed by atoms with Gasteiger partial charge in [0.2, 0.25) is 0 Å². The van der Waals surface area contributed by atoms with Crippen LogP contribution in [0.1, 0.15) is 25.3 Å². The second kappa shape index (κ2) is 8.27. The van der Waals surface area contributed by atoms with E-state index in [0.29, 0.717) is 30.6 Å². The Balaban J connectivity index is 2.41. The fourth-order valence-electron chi connectivity index (χ4n) is 1.62. The molecule has 0 saturated heterocycles. The van der Waals surface area contributed by atoms with Gasteiger partial charge in [0.25, 0.3) is 0 Å². The quantitative estimate of drug-likeness (QED) is 0.684. The summed E-state index contributed by atoms with van der Waals surface area (Å²) < 4.78 is 0.757. The van der Waals surface area contributed by atoms with Crippen LogP contribution in [0.2, 0.25) is 0 Å². The lowest BCUT2D eigenvalue weighted by Gasteiger charge is -2.10. The lowest BCUT2D eigenvalue weighted by Crippen LogP contribution is -2.30. The molecule has 1 rings (SSSR count). The standard InChI is InChI=1S/C14H16BrN3O3/c1-9(13(19)20)3-2-6-17-14(21)18-12-5-4-11(15)7-10(12)8-16/h4-5,7,9H,2-3,6H2,1H3,(H,19,20)(H2,17,18,21). The zero-order valence-electron chi connectivity index (χ0n) is 11.5. The molecule has 7 heteroatoms. The minimum absolute atomic E-state index is 0.360. The molecule has 0 aromatic heterocycles. The van der Waals surface area contributed by atoms with Crippen molar-refractivity contribution >= 4 is 33.6 Å². The Kier molecular flexibility index (Phi) is 6.69. The van der Waals surface area contributed by atoms with E-state index in [-0.39, 0.29) is 0 Å². The molecular formula is C14H16BrN3O3. The lowest BCUT2D eigenvalue weighted by molar-refractivity contribution is -0.141. The van der Waals surface area contributed by atoms with E-state index >= 15 is 0 Å². The molecule has 0 heterocycles.